The molecule has 0 bridgehead atoms. The average molecular weight is 222 g/mol. The molecule has 0 spiro atoms. The van der Waals surface area contributed by atoms with Gasteiger partial charge >= 0.3 is 0 Å². The number of fused-ring (bicyclic) bond motifs is 1. The molecule has 4 heteroatoms. The fourth-order valence-corrected chi connectivity index (χ4v) is 2.39. The van der Waals surface area contributed by atoms with Gasteiger partial charge in [0.1, 0.15) is 4.90 Å². The van der Waals surface area contributed by atoms with Crippen molar-refractivity contribution in [2.24, 2.45) is 0 Å². The zero-order valence-corrected chi connectivity index (χ0v) is 8.78. The molecule has 0 aliphatic carbocycles. The molecule has 0 amide bonds. The Balaban J connectivity index is 2.63. The molecule has 1 heterocycles. The summed E-state index contributed by atoms with van der Waals surface area (Å²) >= 11 is 0. The van der Waals surface area contributed by atoms with Crippen molar-refractivity contribution in [1.29, 1.82) is 0 Å². The Kier molecular flexibility index (Phi) is 2.70. The van der Waals surface area contributed by atoms with Gasteiger partial charge in [-0.15, -0.1) is 0 Å². The van der Waals surface area contributed by atoms with Crippen molar-refractivity contribution >= 4 is 16.2 Å². The SMILES string of the molecule is O=S1(=O)OCC=CC=Cc2ccccc21. The molecule has 2 rings (SSSR count). The van der Waals surface area contributed by atoms with Crippen LogP contribution >= 0.6 is 0 Å². The van der Waals surface area contributed by atoms with E-state index in [9.17, 15) is 8.42 Å². The minimum Gasteiger partial charge on any atom is -0.262 e. The lowest BCUT2D eigenvalue weighted by molar-refractivity contribution is 0.357. The Morgan fingerprint density at radius 2 is 1.93 bits per heavy atom. The summed E-state index contributed by atoms with van der Waals surface area (Å²) in [7, 11) is -3.63. The van der Waals surface area contributed by atoms with Crippen LogP contribution in [0.25, 0.3) is 6.08 Å². The molecule has 15 heavy (non-hydrogen) atoms. The van der Waals surface area contributed by atoms with Crippen LogP contribution in [0.5, 0.6) is 0 Å². The zero-order chi connectivity index (χ0) is 10.7. The number of hydrogen-bond donors (Lipinski definition) is 0. The van der Waals surface area contributed by atoms with Crippen molar-refractivity contribution in [2.45, 2.75) is 4.90 Å². The molecule has 0 aromatic heterocycles. The molecule has 1 aliphatic rings. The summed E-state index contributed by atoms with van der Waals surface area (Å²) in [6.07, 6.45) is 6.96. The maximum atomic E-state index is 11.7. The van der Waals surface area contributed by atoms with Crippen LogP contribution in [0.3, 0.4) is 0 Å². The normalized spacial score (nSPS) is 18.7. The van der Waals surface area contributed by atoms with E-state index in [1.807, 2.05) is 0 Å². The molecule has 78 valence electrons. The first-order chi connectivity index (χ1) is 7.20. The van der Waals surface area contributed by atoms with Crippen LogP contribution in [0, 0.1) is 0 Å². The van der Waals surface area contributed by atoms with E-state index < -0.39 is 10.1 Å². The summed E-state index contributed by atoms with van der Waals surface area (Å²) in [5.74, 6) is 0. The summed E-state index contributed by atoms with van der Waals surface area (Å²) in [5, 5.41) is 0. The molecule has 1 aromatic rings. The first-order valence-electron chi connectivity index (χ1n) is 4.52. The monoisotopic (exact) mass is 222 g/mol. The molecule has 0 atom stereocenters. The lowest BCUT2D eigenvalue weighted by Gasteiger charge is -2.05. The van der Waals surface area contributed by atoms with E-state index in [0.29, 0.717) is 5.56 Å². The quantitative estimate of drug-likeness (QED) is 0.630. The van der Waals surface area contributed by atoms with Crippen molar-refractivity contribution in [3.8, 4) is 0 Å². The van der Waals surface area contributed by atoms with E-state index in [1.54, 1.807) is 48.6 Å². The Hall–Kier alpha value is -1.39. The van der Waals surface area contributed by atoms with Gasteiger partial charge in [-0.3, -0.25) is 4.18 Å². The summed E-state index contributed by atoms with van der Waals surface area (Å²) in [6.45, 7) is 0.0704. The van der Waals surface area contributed by atoms with E-state index >= 15 is 0 Å². The minimum absolute atomic E-state index is 0.0704. The highest BCUT2D eigenvalue weighted by molar-refractivity contribution is 7.86. The highest BCUT2D eigenvalue weighted by Crippen LogP contribution is 2.20. The Morgan fingerprint density at radius 3 is 2.80 bits per heavy atom. The van der Waals surface area contributed by atoms with Crippen LogP contribution in [0.4, 0.5) is 0 Å². The second-order valence-corrected chi connectivity index (χ2v) is 4.65. The van der Waals surface area contributed by atoms with Gasteiger partial charge in [0.2, 0.25) is 0 Å². The lowest BCUT2D eigenvalue weighted by atomic mass is 10.2. The van der Waals surface area contributed by atoms with Crippen LogP contribution in [0.1, 0.15) is 5.56 Å². The van der Waals surface area contributed by atoms with Gasteiger partial charge in [0.25, 0.3) is 10.1 Å². The lowest BCUT2D eigenvalue weighted by Crippen LogP contribution is -2.07. The third kappa shape index (κ3) is 2.16. The number of benzene rings is 1. The van der Waals surface area contributed by atoms with E-state index in [0.717, 1.165) is 0 Å². The molecule has 0 saturated carbocycles. The van der Waals surface area contributed by atoms with Crippen molar-refractivity contribution < 1.29 is 12.6 Å². The van der Waals surface area contributed by atoms with Crippen LogP contribution in [-0.2, 0) is 14.3 Å². The van der Waals surface area contributed by atoms with E-state index in [-0.39, 0.29) is 11.5 Å². The van der Waals surface area contributed by atoms with Gasteiger partial charge in [-0.1, -0.05) is 42.5 Å². The van der Waals surface area contributed by atoms with Crippen molar-refractivity contribution in [3.05, 3.63) is 48.1 Å². The maximum absolute atomic E-state index is 11.7. The average Bonchev–Trinajstić information content (AvgIpc) is 2.29. The molecule has 3 nitrogen and oxygen atoms in total. The van der Waals surface area contributed by atoms with E-state index in [4.69, 9.17) is 4.18 Å². The largest absolute Gasteiger partial charge is 0.297 e. The maximum Gasteiger partial charge on any atom is 0.297 e. The minimum atomic E-state index is -3.63. The molecule has 0 unspecified atom stereocenters. The summed E-state index contributed by atoms with van der Waals surface area (Å²) in [6, 6.07) is 6.76. The van der Waals surface area contributed by atoms with Crippen molar-refractivity contribution in [3.63, 3.8) is 0 Å². The smallest absolute Gasteiger partial charge is 0.262 e. The van der Waals surface area contributed by atoms with Crippen LogP contribution in [-0.4, -0.2) is 15.0 Å². The van der Waals surface area contributed by atoms with Gasteiger partial charge in [0.05, 0.1) is 6.61 Å². The van der Waals surface area contributed by atoms with Gasteiger partial charge in [0, 0.05) is 0 Å². The van der Waals surface area contributed by atoms with Gasteiger partial charge in [-0.05, 0) is 11.6 Å². The zero-order valence-electron chi connectivity index (χ0n) is 7.96. The van der Waals surface area contributed by atoms with Crippen molar-refractivity contribution in [2.75, 3.05) is 6.61 Å². The number of hydrogen-bond acceptors (Lipinski definition) is 3. The number of allylic oxidation sites excluding steroid dienone is 2. The molecular weight excluding hydrogens is 212 g/mol. The predicted molar refractivity (Wildman–Crippen MR) is 57.8 cm³/mol. The van der Waals surface area contributed by atoms with Crippen LogP contribution in [0.15, 0.2) is 47.4 Å². The second kappa shape index (κ2) is 4.00. The first-order valence-corrected chi connectivity index (χ1v) is 5.93. The van der Waals surface area contributed by atoms with Crippen LogP contribution < -0.4 is 0 Å². The fraction of sp³-hybridized carbons (Fsp3) is 0.0909. The molecule has 1 aromatic carbocycles. The van der Waals surface area contributed by atoms with Crippen molar-refractivity contribution in [1.82, 2.24) is 0 Å². The standard InChI is InChI=1S/C11H10O3S/c12-15(13)11-8-4-3-7-10(11)6-2-1-5-9-14-15/h1-8H,9H2. The van der Waals surface area contributed by atoms with E-state index in [2.05, 4.69) is 0 Å². The summed E-state index contributed by atoms with van der Waals surface area (Å²) in [4.78, 5) is 0.213. The topological polar surface area (TPSA) is 43.4 Å². The molecule has 1 aliphatic heterocycles. The Morgan fingerprint density at radius 1 is 1.13 bits per heavy atom. The highest BCUT2D eigenvalue weighted by Gasteiger charge is 2.17. The first kappa shape index (κ1) is 10.1. The molecule has 0 radical (unpaired) electrons. The molecule has 0 saturated heterocycles. The van der Waals surface area contributed by atoms with E-state index in [1.165, 1.54) is 0 Å². The highest BCUT2D eigenvalue weighted by atomic mass is 32.2. The van der Waals surface area contributed by atoms with Crippen LogP contribution in [0.2, 0.25) is 0 Å². The third-order valence-electron chi connectivity index (χ3n) is 2.03. The Labute approximate surface area is 88.8 Å². The molecular formula is C11H10O3S. The second-order valence-electron chi connectivity index (χ2n) is 3.06. The summed E-state index contributed by atoms with van der Waals surface area (Å²) in [5.41, 5.74) is 0.643. The third-order valence-corrected chi connectivity index (χ3v) is 3.39. The Bertz CT molecular complexity index is 512. The fourth-order valence-electron chi connectivity index (χ4n) is 1.33. The van der Waals surface area contributed by atoms with Gasteiger partial charge in [-0.2, -0.15) is 8.42 Å². The molecule has 0 N–H and O–H groups in total. The summed E-state index contributed by atoms with van der Waals surface area (Å²) < 4.78 is 28.2. The van der Waals surface area contributed by atoms with Gasteiger partial charge < -0.3 is 0 Å². The number of rotatable bonds is 0. The van der Waals surface area contributed by atoms with Gasteiger partial charge in [0.15, 0.2) is 0 Å². The predicted octanol–water partition coefficient (Wildman–Crippen LogP) is 1.97. The van der Waals surface area contributed by atoms with Gasteiger partial charge in [-0.25, -0.2) is 0 Å². The molecule has 0 fully saturated rings.